The van der Waals surface area contributed by atoms with Gasteiger partial charge in [-0.1, -0.05) is 53.5 Å². The molecule has 4 saturated heterocycles. The zero-order valence-corrected chi connectivity index (χ0v) is 39.3. The lowest BCUT2D eigenvalue weighted by molar-refractivity contribution is -0.0132. The average Bonchev–Trinajstić information content (AvgIpc) is 3.55. The fourth-order valence-corrected chi connectivity index (χ4v) is 17.1. The Morgan fingerprint density at radius 1 is 1.03 bits per heavy atom. The first-order valence-electron chi connectivity index (χ1n) is 22.6. The molecule has 11 nitrogen and oxygen atoms in total. The van der Waals surface area contributed by atoms with Crippen molar-refractivity contribution in [2.45, 2.75) is 153 Å². The van der Waals surface area contributed by atoms with Crippen LogP contribution in [0.25, 0.3) is 32.9 Å². The van der Waals surface area contributed by atoms with Gasteiger partial charge in [0.05, 0.1) is 35.8 Å². The summed E-state index contributed by atoms with van der Waals surface area (Å²) < 4.78 is 82.6. The Balaban J connectivity index is 1.24. The zero-order chi connectivity index (χ0) is 46.0. The van der Waals surface area contributed by atoms with Crippen molar-refractivity contribution in [1.29, 1.82) is 0 Å². The number of rotatable bonds is 7. The summed E-state index contributed by atoms with van der Waals surface area (Å²) in [5, 5.41) is 12.0. The van der Waals surface area contributed by atoms with Gasteiger partial charge in [-0.3, -0.25) is 9.80 Å². The van der Waals surface area contributed by atoms with E-state index in [9.17, 15) is 18.7 Å². The van der Waals surface area contributed by atoms with E-state index in [1.165, 1.54) is 24.3 Å². The van der Waals surface area contributed by atoms with Crippen molar-refractivity contribution in [3.05, 3.63) is 41.5 Å². The van der Waals surface area contributed by atoms with Gasteiger partial charge in [0.15, 0.2) is 5.82 Å². The van der Waals surface area contributed by atoms with Crippen LogP contribution in [0.5, 0.6) is 17.6 Å². The van der Waals surface area contributed by atoms with Gasteiger partial charge >= 0.3 is 12.1 Å². The number of hydrogen-bond donors (Lipinski definition) is 1. The molecule has 2 aromatic heterocycles. The largest absolute Gasteiger partial charge is 0.508 e. The Morgan fingerprint density at radius 3 is 2.39 bits per heavy atom. The molecule has 5 atom stereocenters. The van der Waals surface area contributed by atoms with Gasteiger partial charge in [0.25, 0.3) is 5.92 Å². The van der Waals surface area contributed by atoms with Crippen molar-refractivity contribution in [3.8, 4) is 40.4 Å². The number of aromatic nitrogens is 3. The first-order valence-corrected chi connectivity index (χ1v) is 24.9. The van der Waals surface area contributed by atoms with Gasteiger partial charge in [0.1, 0.15) is 60.4 Å². The normalized spacial score (nSPS) is 25.0. The molecule has 4 fully saturated rings. The second-order valence-corrected chi connectivity index (χ2v) is 26.2. The van der Waals surface area contributed by atoms with Crippen molar-refractivity contribution in [2.24, 2.45) is 0 Å². The van der Waals surface area contributed by atoms with Crippen LogP contribution in [0.15, 0.2) is 24.3 Å². The fraction of sp³-hybridized carbons (Fsp3) is 0.583. The van der Waals surface area contributed by atoms with Gasteiger partial charge in [-0.2, -0.15) is 9.97 Å². The molecular weight excluding hydrogens is 845 g/mol. The van der Waals surface area contributed by atoms with Crippen molar-refractivity contribution in [3.63, 3.8) is 0 Å². The number of amides is 1. The number of benzene rings is 2. The van der Waals surface area contributed by atoms with Crippen molar-refractivity contribution < 1.29 is 41.7 Å². The standard InChI is InChI=1S/C48H58F4N6O5Si/c1-25(2)64(26(3)4,27(5)6)18-15-32-34(49)13-11-29-19-31(59)20-33(36(29)32)39-38(50)40-37-42(55-44(54-40)61-24-47-16-17-56(47)23-48(51,52)22-47)57-21-30-12-14-35(41(57)28(7)62-43(37)53-39)58(30)45(60)63-46(8,9)10/h11,13,19-20,25-28,30,35,41,59H,12,14,16-17,21-24H2,1-10H3/t28-,30+,35-,41+,47+/m0/s1. The zero-order valence-electron chi connectivity index (χ0n) is 38.3. The van der Waals surface area contributed by atoms with E-state index in [4.69, 9.17) is 24.2 Å². The van der Waals surface area contributed by atoms with Crippen LogP contribution in [-0.2, 0) is 4.74 Å². The third kappa shape index (κ3) is 7.10. The van der Waals surface area contributed by atoms with Gasteiger partial charge in [-0.05, 0) is 87.2 Å². The lowest BCUT2D eigenvalue weighted by Crippen LogP contribution is -2.65. The maximum Gasteiger partial charge on any atom is 0.410 e. The highest BCUT2D eigenvalue weighted by atomic mass is 28.3. The molecular formula is C48H58F4N6O5Si. The molecule has 1 N–H and O–H groups in total. The predicted molar refractivity (Wildman–Crippen MR) is 240 cm³/mol. The summed E-state index contributed by atoms with van der Waals surface area (Å²) in [6.45, 7) is 20.6. The number of piperazine rings is 1. The number of phenolic OH excluding ortho intramolecular Hbond substituents is 1. The van der Waals surface area contributed by atoms with E-state index in [-0.39, 0.29) is 105 Å². The van der Waals surface area contributed by atoms with E-state index >= 15 is 8.78 Å². The molecule has 0 radical (unpaired) electrons. The summed E-state index contributed by atoms with van der Waals surface area (Å²) in [4.78, 5) is 33.7. The maximum atomic E-state index is 17.9. The maximum absolute atomic E-state index is 17.9. The summed E-state index contributed by atoms with van der Waals surface area (Å²) in [5.41, 5.74) is 2.40. The summed E-state index contributed by atoms with van der Waals surface area (Å²) in [7, 11) is -2.38. The van der Waals surface area contributed by atoms with Crippen LogP contribution in [0.3, 0.4) is 0 Å². The minimum atomic E-state index is -2.88. The Labute approximate surface area is 372 Å². The van der Waals surface area contributed by atoms with Crippen LogP contribution in [-0.4, -0.2) is 112 Å². The van der Waals surface area contributed by atoms with Crippen molar-refractivity contribution >= 4 is 41.7 Å². The van der Waals surface area contributed by atoms with Gasteiger partial charge in [0.2, 0.25) is 5.88 Å². The molecule has 5 aliphatic heterocycles. The molecule has 7 heterocycles. The first-order chi connectivity index (χ1) is 30.0. The quantitative estimate of drug-likeness (QED) is 0.109. The molecule has 0 saturated carbocycles. The molecule has 1 amide bonds. The third-order valence-corrected chi connectivity index (χ3v) is 20.9. The minimum absolute atomic E-state index is 0.000108. The first kappa shape index (κ1) is 44.3. The molecule has 5 aliphatic rings. The van der Waals surface area contributed by atoms with Crippen LogP contribution < -0.4 is 14.4 Å². The topological polar surface area (TPSA) is 113 Å². The molecule has 4 aromatic rings. The molecule has 16 heteroatoms. The number of phenols is 1. The van der Waals surface area contributed by atoms with Crippen LogP contribution in [0, 0.1) is 23.1 Å². The summed E-state index contributed by atoms with van der Waals surface area (Å²) in [5.74, 6) is -1.04. The SMILES string of the molecule is CC(C)[Si](C#Cc1c(F)ccc2cc(O)cc(-c3nc4c5c(nc(OC[C@]67CCN6CC(F)(F)C7)nc5c3F)N3C[C@H]5CC[C@@H]([C@H]3[C@H](C)O4)N5C(=O)OC(C)(C)C)c12)(C(C)C)C(C)C. The third-order valence-electron chi connectivity index (χ3n) is 14.6. The summed E-state index contributed by atoms with van der Waals surface area (Å²) in [6.07, 6.45) is 0.370. The molecule has 2 aromatic carbocycles. The summed E-state index contributed by atoms with van der Waals surface area (Å²) >= 11 is 0. The number of anilines is 1. The molecule has 342 valence electrons. The fourth-order valence-electron chi connectivity index (χ4n) is 11.9. The number of halogens is 4. The van der Waals surface area contributed by atoms with Crippen LogP contribution in [0.4, 0.5) is 28.2 Å². The van der Waals surface area contributed by atoms with E-state index in [0.29, 0.717) is 37.7 Å². The van der Waals surface area contributed by atoms with Crippen LogP contribution in [0.2, 0.25) is 16.6 Å². The van der Waals surface area contributed by atoms with E-state index in [0.717, 1.165) is 0 Å². The lowest BCUT2D eigenvalue weighted by atomic mass is 9.85. The highest BCUT2D eigenvalue weighted by Gasteiger charge is 2.60. The van der Waals surface area contributed by atoms with E-state index < -0.39 is 55.0 Å². The van der Waals surface area contributed by atoms with Crippen LogP contribution >= 0.6 is 0 Å². The highest BCUT2D eigenvalue weighted by Crippen LogP contribution is 2.50. The van der Waals surface area contributed by atoms with E-state index in [1.807, 2.05) is 32.6 Å². The summed E-state index contributed by atoms with van der Waals surface area (Å²) in [6, 6.07) is 4.30. The number of aromatic hydroxyl groups is 1. The van der Waals surface area contributed by atoms with Crippen molar-refractivity contribution in [1.82, 2.24) is 24.8 Å². The smallest absolute Gasteiger partial charge is 0.410 e. The monoisotopic (exact) mass is 902 g/mol. The molecule has 9 rings (SSSR count). The molecule has 64 heavy (non-hydrogen) atoms. The second-order valence-electron chi connectivity index (χ2n) is 20.7. The van der Waals surface area contributed by atoms with Gasteiger partial charge < -0.3 is 24.2 Å². The number of alkyl halides is 2. The number of hydrogen-bond acceptors (Lipinski definition) is 10. The molecule has 0 spiro atoms. The molecule has 0 aliphatic carbocycles. The molecule has 2 bridgehead atoms. The predicted octanol–water partition coefficient (Wildman–Crippen LogP) is 10.00. The van der Waals surface area contributed by atoms with Crippen LogP contribution in [0.1, 0.15) is 100 Å². The number of ether oxygens (including phenoxy) is 3. The number of carbonyl (C=O) groups excluding carboxylic acids is 1. The average molecular weight is 903 g/mol. The second kappa shape index (κ2) is 15.4. The Morgan fingerprint density at radius 2 is 1.75 bits per heavy atom. The van der Waals surface area contributed by atoms with E-state index in [1.54, 1.807) is 9.80 Å². The number of fused-ring (bicyclic) bond motifs is 7. The number of carbonyl (C=O) groups is 1. The van der Waals surface area contributed by atoms with Gasteiger partial charge in [0, 0.05) is 30.5 Å². The van der Waals surface area contributed by atoms with Gasteiger partial charge in [-0.25, -0.2) is 27.3 Å². The van der Waals surface area contributed by atoms with Gasteiger partial charge in [-0.15, -0.1) is 5.54 Å². The lowest BCUT2D eigenvalue weighted by Gasteiger charge is -2.48. The highest BCUT2D eigenvalue weighted by molar-refractivity contribution is 6.90. The van der Waals surface area contributed by atoms with E-state index in [2.05, 4.69) is 58.0 Å². The Bertz CT molecular complexity index is 2610. The van der Waals surface area contributed by atoms with Crippen molar-refractivity contribution in [2.75, 3.05) is 31.1 Å². The Kier molecular flexibility index (Phi) is 10.6. The Hall–Kier alpha value is -4.88. The molecule has 0 unspecified atom stereocenters. The minimum Gasteiger partial charge on any atom is -0.508 e. The number of nitrogens with zero attached hydrogens (tertiary/aromatic N) is 6. The number of pyridine rings is 1.